The summed E-state index contributed by atoms with van der Waals surface area (Å²) in [6.07, 6.45) is 0. The highest BCUT2D eigenvalue weighted by Gasteiger charge is 2.19. The molecule has 0 atom stereocenters. The maximum absolute atomic E-state index is 12.8. The Morgan fingerprint density at radius 1 is 1.17 bits per heavy atom. The van der Waals surface area contributed by atoms with Gasteiger partial charge in [0, 0.05) is 4.47 Å². The fraction of sp³-hybridized carbons (Fsp3) is 0.0500. The van der Waals surface area contributed by atoms with Crippen LogP contribution in [0.1, 0.15) is 0 Å². The van der Waals surface area contributed by atoms with E-state index < -0.39 is 10.0 Å². The number of methoxy groups -OCH3 is 1. The van der Waals surface area contributed by atoms with Gasteiger partial charge in [-0.3, -0.25) is 4.72 Å². The van der Waals surface area contributed by atoms with E-state index in [2.05, 4.69) is 30.6 Å². The predicted octanol–water partition coefficient (Wildman–Crippen LogP) is 5.16. The third-order valence-corrected chi connectivity index (χ3v) is 6.55. The number of phenolic OH excluding ortho intramolecular Hbond substituents is 1. The molecule has 1 aromatic heterocycles. The van der Waals surface area contributed by atoms with Crippen molar-refractivity contribution in [3.8, 4) is 22.9 Å². The number of phenols is 1. The molecule has 1 heterocycles. The first-order valence-electron chi connectivity index (χ1n) is 8.62. The number of aromatic nitrogens is 2. The first kappa shape index (κ1) is 20.5. The van der Waals surface area contributed by atoms with Crippen LogP contribution in [-0.4, -0.2) is 30.6 Å². The van der Waals surface area contributed by atoms with Gasteiger partial charge in [-0.2, -0.15) is 0 Å². The number of aromatic hydroxyl groups is 1. The number of sulfonamides is 1. The number of nitrogens with zero attached hydrogens (tertiary/aromatic N) is 1. The van der Waals surface area contributed by atoms with E-state index in [0.29, 0.717) is 31.9 Å². The van der Waals surface area contributed by atoms with Crippen LogP contribution in [0.15, 0.2) is 64.0 Å². The van der Waals surface area contributed by atoms with E-state index in [1.54, 1.807) is 42.5 Å². The minimum Gasteiger partial charge on any atom is -0.504 e. The molecule has 0 aliphatic carbocycles. The zero-order chi connectivity index (χ0) is 21.5. The van der Waals surface area contributed by atoms with Crippen LogP contribution in [0.5, 0.6) is 11.5 Å². The van der Waals surface area contributed by atoms with Gasteiger partial charge >= 0.3 is 0 Å². The molecule has 0 aliphatic rings. The zero-order valence-corrected chi connectivity index (χ0v) is 18.6. The number of hydrogen-bond donors (Lipinski definition) is 3. The molecule has 10 heteroatoms. The number of H-pyrrole nitrogens is 1. The summed E-state index contributed by atoms with van der Waals surface area (Å²) in [5, 5.41) is 10.7. The number of imidazole rings is 1. The van der Waals surface area contributed by atoms with E-state index in [1.165, 1.54) is 19.2 Å². The molecule has 0 fully saturated rings. The number of fused-ring (bicyclic) bond motifs is 1. The van der Waals surface area contributed by atoms with Gasteiger partial charge in [-0.15, -0.1) is 0 Å². The van der Waals surface area contributed by atoms with Crippen molar-refractivity contribution in [3.63, 3.8) is 0 Å². The Labute approximate surface area is 185 Å². The summed E-state index contributed by atoms with van der Waals surface area (Å²) in [6, 6.07) is 14.4. The number of anilines is 1. The van der Waals surface area contributed by atoms with Gasteiger partial charge in [0.2, 0.25) is 0 Å². The lowest BCUT2D eigenvalue weighted by atomic mass is 10.2. The Hall–Kier alpha value is -2.75. The minimum absolute atomic E-state index is 0.0427. The number of aromatic amines is 1. The topological polar surface area (TPSA) is 104 Å². The molecular weight excluding hydrogens is 494 g/mol. The van der Waals surface area contributed by atoms with Gasteiger partial charge in [0.05, 0.1) is 39.3 Å². The fourth-order valence-electron chi connectivity index (χ4n) is 2.94. The molecule has 0 saturated heterocycles. The van der Waals surface area contributed by atoms with Crippen molar-refractivity contribution >= 4 is 54.3 Å². The Morgan fingerprint density at radius 3 is 2.67 bits per heavy atom. The molecule has 0 bridgehead atoms. The van der Waals surface area contributed by atoms with Gasteiger partial charge in [0.25, 0.3) is 10.0 Å². The van der Waals surface area contributed by atoms with Crippen molar-refractivity contribution in [3.05, 3.63) is 64.1 Å². The Bertz CT molecular complexity index is 1370. The normalized spacial score (nSPS) is 11.6. The number of nitrogens with one attached hydrogen (secondary N) is 2. The lowest BCUT2D eigenvalue weighted by Crippen LogP contribution is -2.13. The maximum atomic E-state index is 12.8. The van der Waals surface area contributed by atoms with Gasteiger partial charge in [0.15, 0.2) is 11.5 Å². The highest BCUT2D eigenvalue weighted by atomic mass is 79.9. The monoisotopic (exact) mass is 507 g/mol. The Balaban J connectivity index is 1.75. The summed E-state index contributed by atoms with van der Waals surface area (Å²) < 4.78 is 33.9. The quantitative estimate of drug-likeness (QED) is 0.345. The average Bonchev–Trinajstić information content (AvgIpc) is 3.14. The van der Waals surface area contributed by atoms with Crippen LogP contribution in [0.25, 0.3) is 22.4 Å². The average molecular weight is 509 g/mol. The molecule has 0 unspecified atom stereocenters. The third kappa shape index (κ3) is 3.83. The van der Waals surface area contributed by atoms with Crippen LogP contribution in [0, 0.1) is 0 Å². The minimum atomic E-state index is -3.87. The van der Waals surface area contributed by atoms with Crippen LogP contribution in [0.3, 0.4) is 0 Å². The fourth-order valence-corrected chi connectivity index (χ4v) is 4.72. The Morgan fingerprint density at radius 2 is 1.93 bits per heavy atom. The van der Waals surface area contributed by atoms with Crippen molar-refractivity contribution in [2.24, 2.45) is 0 Å². The van der Waals surface area contributed by atoms with Gasteiger partial charge in [-0.1, -0.05) is 39.7 Å². The molecule has 30 heavy (non-hydrogen) atoms. The number of para-hydroxylation sites is 1. The summed E-state index contributed by atoms with van der Waals surface area (Å²) >= 11 is 9.43. The molecule has 4 rings (SSSR count). The van der Waals surface area contributed by atoms with Crippen LogP contribution in [0.4, 0.5) is 5.69 Å². The first-order valence-corrected chi connectivity index (χ1v) is 11.3. The van der Waals surface area contributed by atoms with Crippen molar-refractivity contribution in [2.45, 2.75) is 4.90 Å². The molecule has 0 aliphatic heterocycles. The highest BCUT2D eigenvalue weighted by molar-refractivity contribution is 9.10. The standard InChI is InChI=1S/C20H15BrClN3O4S/c1-29-18-9-11(21)8-13(19(18)26)20-23-16-7-6-12(10-17(16)24-20)30(27,28)25-15-5-3-2-4-14(15)22/h2-10,25-26H,1H3,(H,23,24). The summed E-state index contributed by atoms with van der Waals surface area (Å²) in [7, 11) is -2.42. The summed E-state index contributed by atoms with van der Waals surface area (Å²) in [5.41, 5.74) is 1.73. The van der Waals surface area contributed by atoms with Gasteiger partial charge < -0.3 is 14.8 Å². The molecule has 0 saturated carbocycles. The number of benzene rings is 3. The van der Waals surface area contributed by atoms with E-state index in [9.17, 15) is 13.5 Å². The molecule has 0 amide bonds. The number of hydrogen-bond acceptors (Lipinski definition) is 5. The van der Waals surface area contributed by atoms with Crippen molar-refractivity contribution in [1.29, 1.82) is 0 Å². The molecule has 7 nitrogen and oxygen atoms in total. The van der Waals surface area contributed by atoms with E-state index >= 15 is 0 Å². The van der Waals surface area contributed by atoms with Gasteiger partial charge in [-0.05, 0) is 42.5 Å². The first-order chi connectivity index (χ1) is 14.3. The smallest absolute Gasteiger partial charge is 0.262 e. The van der Waals surface area contributed by atoms with Crippen LogP contribution >= 0.6 is 27.5 Å². The summed E-state index contributed by atoms with van der Waals surface area (Å²) in [4.78, 5) is 7.55. The second-order valence-electron chi connectivity index (χ2n) is 6.35. The van der Waals surface area contributed by atoms with Gasteiger partial charge in [-0.25, -0.2) is 13.4 Å². The summed E-state index contributed by atoms with van der Waals surface area (Å²) in [5.74, 6) is 0.579. The molecule has 3 aromatic carbocycles. The van der Waals surface area contributed by atoms with E-state index in [4.69, 9.17) is 16.3 Å². The number of halogens is 2. The van der Waals surface area contributed by atoms with Crippen LogP contribution in [-0.2, 0) is 10.0 Å². The maximum Gasteiger partial charge on any atom is 0.262 e. The third-order valence-electron chi connectivity index (χ3n) is 4.40. The largest absolute Gasteiger partial charge is 0.504 e. The molecular formula is C20H15BrClN3O4S. The molecule has 0 radical (unpaired) electrons. The van der Waals surface area contributed by atoms with E-state index in [0.717, 1.165) is 0 Å². The van der Waals surface area contributed by atoms with Crippen LogP contribution in [0.2, 0.25) is 5.02 Å². The number of ether oxygens (including phenoxy) is 1. The highest BCUT2D eigenvalue weighted by Crippen LogP contribution is 2.39. The predicted molar refractivity (Wildman–Crippen MR) is 120 cm³/mol. The lowest BCUT2D eigenvalue weighted by molar-refractivity contribution is 0.374. The molecule has 3 N–H and O–H groups in total. The number of rotatable bonds is 5. The van der Waals surface area contributed by atoms with Gasteiger partial charge in [0.1, 0.15) is 5.82 Å². The van der Waals surface area contributed by atoms with E-state index in [-0.39, 0.29) is 22.1 Å². The second kappa shape index (κ2) is 7.82. The van der Waals surface area contributed by atoms with Crippen molar-refractivity contribution < 1.29 is 18.3 Å². The molecule has 0 spiro atoms. The van der Waals surface area contributed by atoms with Crippen molar-refractivity contribution in [1.82, 2.24) is 9.97 Å². The molecule has 154 valence electrons. The SMILES string of the molecule is COc1cc(Br)cc(-c2nc3ccc(S(=O)(=O)Nc4ccccc4Cl)cc3[nH]2)c1O. The molecule has 4 aromatic rings. The Kier molecular flexibility index (Phi) is 5.35. The second-order valence-corrected chi connectivity index (χ2v) is 9.36. The lowest BCUT2D eigenvalue weighted by Gasteiger charge is -2.09. The van der Waals surface area contributed by atoms with E-state index in [1.807, 2.05) is 0 Å². The van der Waals surface area contributed by atoms with Crippen molar-refractivity contribution in [2.75, 3.05) is 11.8 Å². The zero-order valence-electron chi connectivity index (χ0n) is 15.5. The van der Waals surface area contributed by atoms with Crippen LogP contribution < -0.4 is 9.46 Å². The summed E-state index contributed by atoms with van der Waals surface area (Å²) in [6.45, 7) is 0.